The molecule has 0 heterocycles. The number of carbonyl (C=O) groups is 2. The SMILES string of the molecule is CCCCC[S+](NC(=O)OC(C)(C)C)SC(S)C1(C(=O)O)CCCC1. The largest absolute Gasteiger partial charge is 0.481 e. The van der Waals surface area contributed by atoms with Crippen molar-refractivity contribution in [2.45, 2.75) is 82.8 Å². The lowest BCUT2D eigenvalue weighted by Crippen LogP contribution is -2.40. The molecule has 0 aromatic carbocycles. The van der Waals surface area contributed by atoms with E-state index in [1.54, 1.807) is 0 Å². The van der Waals surface area contributed by atoms with Crippen molar-refractivity contribution in [1.29, 1.82) is 0 Å². The van der Waals surface area contributed by atoms with E-state index in [1.165, 1.54) is 10.8 Å². The first-order valence-corrected chi connectivity index (χ1v) is 12.2. The zero-order valence-electron chi connectivity index (χ0n) is 15.7. The van der Waals surface area contributed by atoms with Gasteiger partial charge in [-0.15, -0.1) is 4.72 Å². The predicted octanol–water partition coefficient (Wildman–Crippen LogP) is 4.78. The molecule has 1 aliphatic rings. The molecule has 1 fully saturated rings. The second-order valence-electron chi connectivity index (χ2n) is 7.48. The minimum absolute atomic E-state index is 0.340. The number of ether oxygens (including phenoxy) is 1. The minimum Gasteiger partial charge on any atom is -0.481 e. The number of unbranched alkanes of at least 4 members (excludes halogenated alkanes) is 2. The molecule has 146 valence electrons. The molecule has 2 N–H and O–H groups in total. The number of carbonyl (C=O) groups excluding carboxylic acids is 1. The first-order chi connectivity index (χ1) is 11.6. The highest BCUT2D eigenvalue weighted by Crippen LogP contribution is 2.49. The van der Waals surface area contributed by atoms with E-state index in [-0.39, 0.29) is 4.58 Å². The smallest absolute Gasteiger partial charge is 0.450 e. The molecule has 2 atom stereocenters. The third kappa shape index (κ3) is 7.51. The number of aliphatic carboxylic acids is 1. The summed E-state index contributed by atoms with van der Waals surface area (Å²) >= 11 is 4.64. The molecule has 1 aliphatic carbocycles. The zero-order valence-corrected chi connectivity index (χ0v) is 18.2. The Morgan fingerprint density at radius 1 is 1.32 bits per heavy atom. The van der Waals surface area contributed by atoms with Crippen molar-refractivity contribution >= 4 is 45.6 Å². The number of hydrogen-bond donors (Lipinski definition) is 3. The summed E-state index contributed by atoms with van der Waals surface area (Å²) in [5.74, 6) is 0.0386. The van der Waals surface area contributed by atoms with Crippen LogP contribution in [-0.2, 0) is 19.6 Å². The van der Waals surface area contributed by atoms with Crippen LogP contribution in [0.5, 0.6) is 0 Å². The molecule has 8 heteroatoms. The van der Waals surface area contributed by atoms with Crippen molar-refractivity contribution in [3.8, 4) is 0 Å². The Kier molecular flexibility index (Phi) is 9.32. The fourth-order valence-electron chi connectivity index (χ4n) is 2.77. The monoisotopic (exact) mass is 410 g/mol. The molecule has 0 aromatic heterocycles. The molecule has 5 nitrogen and oxygen atoms in total. The number of carboxylic acids is 1. The van der Waals surface area contributed by atoms with E-state index in [0.717, 1.165) is 37.9 Å². The molecular formula is C17H32NO4S3+. The summed E-state index contributed by atoms with van der Waals surface area (Å²) in [7, 11) is 0.966. The standard InChI is InChI=1S/C17H31NO4S3/c1-5-6-9-12-25(18-15(21)22-16(2,3)4)24-14(23)17(13(19)20)10-7-8-11-17/h14H,5-12H2,1-4H3,(H2-,18,19,20,21,23)/p+1. The molecule has 0 aromatic rings. The number of hydrogen-bond acceptors (Lipinski definition) is 5. The van der Waals surface area contributed by atoms with Gasteiger partial charge in [-0.25, -0.2) is 4.79 Å². The Morgan fingerprint density at radius 3 is 2.40 bits per heavy atom. The predicted molar refractivity (Wildman–Crippen MR) is 110 cm³/mol. The molecule has 0 spiro atoms. The van der Waals surface area contributed by atoms with Crippen molar-refractivity contribution < 1.29 is 19.4 Å². The van der Waals surface area contributed by atoms with Crippen LogP contribution in [0.2, 0.25) is 0 Å². The van der Waals surface area contributed by atoms with Crippen molar-refractivity contribution in [3.63, 3.8) is 0 Å². The number of rotatable bonds is 9. The Morgan fingerprint density at radius 2 is 1.92 bits per heavy atom. The third-order valence-corrected chi connectivity index (χ3v) is 9.31. The van der Waals surface area contributed by atoms with Gasteiger partial charge in [0.15, 0.2) is 10.1 Å². The van der Waals surface area contributed by atoms with Gasteiger partial charge >= 0.3 is 12.1 Å². The van der Waals surface area contributed by atoms with E-state index in [2.05, 4.69) is 24.3 Å². The molecular weight excluding hydrogens is 378 g/mol. The lowest BCUT2D eigenvalue weighted by molar-refractivity contribution is -0.147. The van der Waals surface area contributed by atoms with E-state index in [4.69, 9.17) is 4.74 Å². The van der Waals surface area contributed by atoms with Gasteiger partial charge in [-0.2, -0.15) is 12.6 Å². The summed E-state index contributed by atoms with van der Waals surface area (Å²) in [5.41, 5.74) is -1.35. The van der Waals surface area contributed by atoms with E-state index in [1.807, 2.05) is 20.8 Å². The average molecular weight is 411 g/mol. The first kappa shape index (κ1) is 22.8. The average Bonchev–Trinajstić information content (AvgIpc) is 2.96. The fourth-order valence-corrected chi connectivity index (χ4v) is 7.96. The number of carboxylic acid groups (broad SMARTS) is 1. The Labute approximate surface area is 163 Å². The summed E-state index contributed by atoms with van der Waals surface area (Å²) in [4.78, 5) is 24.0. The van der Waals surface area contributed by atoms with Crippen LogP contribution in [0.15, 0.2) is 0 Å². The van der Waals surface area contributed by atoms with Gasteiger partial charge in [0.1, 0.15) is 26.7 Å². The lowest BCUT2D eigenvalue weighted by Gasteiger charge is -2.28. The maximum absolute atomic E-state index is 12.1. The van der Waals surface area contributed by atoms with E-state index in [0.29, 0.717) is 12.8 Å². The molecule has 0 bridgehead atoms. The number of amides is 1. The van der Waals surface area contributed by atoms with Gasteiger partial charge in [0, 0.05) is 0 Å². The van der Waals surface area contributed by atoms with Crippen LogP contribution in [0, 0.1) is 5.41 Å². The third-order valence-electron chi connectivity index (χ3n) is 4.13. The van der Waals surface area contributed by atoms with Crippen LogP contribution in [0.3, 0.4) is 0 Å². The minimum atomic E-state index is -0.792. The summed E-state index contributed by atoms with van der Waals surface area (Å²) in [6, 6.07) is 0. The highest BCUT2D eigenvalue weighted by atomic mass is 33.1. The van der Waals surface area contributed by atoms with E-state index in [9.17, 15) is 14.7 Å². The van der Waals surface area contributed by atoms with Gasteiger partial charge in [0.2, 0.25) is 0 Å². The molecule has 2 unspecified atom stereocenters. The van der Waals surface area contributed by atoms with Gasteiger partial charge in [-0.3, -0.25) is 4.79 Å². The van der Waals surface area contributed by atoms with Crippen LogP contribution in [0.1, 0.15) is 72.6 Å². The van der Waals surface area contributed by atoms with Gasteiger partial charge < -0.3 is 9.84 Å². The van der Waals surface area contributed by atoms with Crippen LogP contribution in [-0.4, -0.2) is 33.1 Å². The van der Waals surface area contributed by atoms with Crippen molar-refractivity contribution in [3.05, 3.63) is 0 Å². The molecule has 0 saturated heterocycles. The highest BCUT2D eigenvalue weighted by molar-refractivity contribution is 8.75. The summed E-state index contributed by atoms with van der Waals surface area (Å²) in [6.07, 6.45) is 5.88. The Balaban J connectivity index is 2.74. The highest BCUT2D eigenvalue weighted by Gasteiger charge is 2.50. The Hall–Kier alpha value is -0.210. The quantitative estimate of drug-likeness (QED) is 0.168. The summed E-state index contributed by atoms with van der Waals surface area (Å²) in [5, 5.41) is 9.72. The molecule has 1 rings (SSSR count). The van der Waals surface area contributed by atoms with E-state index < -0.39 is 33.2 Å². The van der Waals surface area contributed by atoms with Crippen LogP contribution in [0.4, 0.5) is 4.79 Å². The van der Waals surface area contributed by atoms with Crippen LogP contribution >= 0.6 is 23.4 Å². The summed E-state index contributed by atoms with van der Waals surface area (Å²) < 4.78 is 7.95. The van der Waals surface area contributed by atoms with Crippen LogP contribution in [0.25, 0.3) is 0 Å². The van der Waals surface area contributed by atoms with Crippen LogP contribution < -0.4 is 4.72 Å². The lowest BCUT2D eigenvalue weighted by atomic mass is 9.88. The number of thiol groups is 1. The van der Waals surface area contributed by atoms with E-state index >= 15 is 0 Å². The normalized spacial score (nSPS) is 19.2. The molecule has 1 amide bonds. The second-order valence-corrected chi connectivity index (χ2v) is 12.1. The molecule has 25 heavy (non-hydrogen) atoms. The molecule has 0 radical (unpaired) electrons. The van der Waals surface area contributed by atoms with Crippen molar-refractivity contribution in [2.75, 3.05) is 5.75 Å². The first-order valence-electron chi connectivity index (χ1n) is 8.90. The maximum atomic E-state index is 12.1. The zero-order chi connectivity index (χ0) is 19.1. The fraction of sp³-hybridized carbons (Fsp3) is 0.882. The van der Waals surface area contributed by atoms with Gasteiger partial charge in [-0.05, 0) is 46.5 Å². The topological polar surface area (TPSA) is 75.6 Å². The van der Waals surface area contributed by atoms with Gasteiger partial charge in [0.05, 0.1) is 5.41 Å². The second kappa shape index (κ2) is 10.2. The van der Waals surface area contributed by atoms with Crippen molar-refractivity contribution in [2.24, 2.45) is 5.41 Å². The molecule has 0 aliphatic heterocycles. The van der Waals surface area contributed by atoms with Gasteiger partial charge in [-0.1, -0.05) is 26.2 Å². The molecule has 1 saturated carbocycles. The Bertz CT molecular complexity index is 448. The summed E-state index contributed by atoms with van der Waals surface area (Å²) in [6.45, 7) is 7.61. The van der Waals surface area contributed by atoms with Crippen molar-refractivity contribution in [1.82, 2.24) is 4.72 Å². The van der Waals surface area contributed by atoms with Gasteiger partial charge in [0.25, 0.3) is 0 Å². The maximum Gasteiger partial charge on any atom is 0.450 e. The number of nitrogens with one attached hydrogen (secondary N) is 1.